The van der Waals surface area contributed by atoms with Gasteiger partial charge >= 0.3 is 0 Å². The van der Waals surface area contributed by atoms with E-state index in [1.54, 1.807) is 0 Å². The summed E-state index contributed by atoms with van der Waals surface area (Å²) in [5.41, 5.74) is 7.61. The molecule has 0 atom stereocenters. The lowest BCUT2D eigenvalue weighted by Crippen LogP contribution is -2.12. The second-order valence-corrected chi connectivity index (χ2v) is 4.16. The summed E-state index contributed by atoms with van der Waals surface area (Å²) in [6, 6.07) is 0. The van der Waals surface area contributed by atoms with Gasteiger partial charge in [-0.15, -0.1) is 0 Å². The monoisotopic (exact) mass is 222 g/mol. The zero-order chi connectivity index (χ0) is 12.0. The van der Waals surface area contributed by atoms with E-state index in [4.69, 9.17) is 5.73 Å². The van der Waals surface area contributed by atoms with Crippen molar-refractivity contribution < 1.29 is 0 Å². The van der Waals surface area contributed by atoms with Gasteiger partial charge in [0.2, 0.25) is 0 Å². The molecule has 90 valence electrons. The standard InChI is InChI=1S/C12H22N4/c1-4-11-15-8-10(14-7-5-6-13)12(16-11)9(2)3/h8-9,14H,4-7,13H2,1-3H3. The van der Waals surface area contributed by atoms with E-state index in [0.717, 1.165) is 36.6 Å². The lowest BCUT2D eigenvalue weighted by atomic mass is 10.1. The summed E-state index contributed by atoms with van der Waals surface area (Å²) in [5, 5.41) is 3.34. The molecule has 0 unspecified atom stereocenters. The lowest BCUT2D eigenvalue weighted by molar-refractivity contribution is 0.782. The largest absolute Gasteiger partial charge is 0.382 e. The summed E-state index contributed by atoms with van der Waals surface area (Å²) in [7, 11) is 0. The first-order valence-electron chi connectivity index (χ1n) is 5.98. The van der Waals surface area contributed by atoms with Gasteiger partial charge in [0.15, 0.2) is 0 Å². The van der Waals surface area contributed by atoms with Crippen molar-refractivity contribution in [2.45, 2.75) is 39.5 Å². The molecule has 1 heterocycles. The van der Waals surface area contributed by atoms with Crippen molar-refractivity contribution >= 4 is 5.69 Å². The topological polar surface area (TPSA) is 63.8 Å². The molecule has 0 aliphatic rings. The van der Waals surface area contributed by atoms with Crippen LogP contribution in [0, 0.1) is 0 Å². The van der Waals surface area contributed by atoms with Crippen LogP contribution in [0.15, 0.2) is 6.20 Å². The Bertz CT molecular complexity index is 323. The van der Waals surface area contributed by atoms with Crippen molar-refractivity contribution in [1.82, 2.24) is 9.97 Å². The molecule has 0 radical (unpaired) electrons. The highest BCUT2D eigenvalue weighted by Crippen LogP contribution is 2.21. The smallest absolute Gasteiger partial charge is 0.128 e. The summed E-state index contributed by atoms with van der Waals surface area (Å²) in [6.45, 7) is 7.95. The van der Waals surface area contributed by atoms with Gasteiger partial charge in [-0.3, -0.25) is 0 Å². The predicted molar refractivity (Wildman–Crippen MR) is 67.7 cm³/mol. The minimum atomic E-state index is 0.411. The Morgan fingerprint density at radius 3 is 2.75 bits per heavy atom. The van der Waals surface area contributed by atoms with Crippen LogP contribution in [0.2, 0.25) is 0 Å². The molecule has 0 spiro atoms. The molecule has 1 rings (SSSR count). The van der Waals surface area contributed by atoms with Gasteiger partial charge in [-0.05, 0) is 18.9 Å². The Morgan fingerprint density at radius 1 is 1.44 bits per heavy atom. The summed E-state index contributed by atoms with van der Waals surface area (Å²) in [4.78, 5) is 8.88. The number of aromatic nitrogens is 2. The van der Waals surface area contributed by atoms with Gasteiger partial charge in [-0.25, -0.2) is 9.97 Å². The van der Waals surface area contributed by atoms with Gasteiger partial charge in [0.25, 0.3) is 0 Å². The molecular weight excluding hydrogens is 200 g/mol. The second-order valence-electron chi connectivity index (χ2n) is 4.16. The van der Waals surface area contributed by atoms with Crippen molar-refractivity contribution in [2.24, 2.45) is 5.73 Å². The Labute approximate surface area is 97.7 Å². The highest BCUT2D eigenvalue weighted by Gasteiger charge is 2.09. The molecule has 0 fully saturated rings. The normalized spacial score (nSPS) is 10.8. The van der Waals surface area contributed by atoms with Gasteiger partial charge < -0.3 is 11.1 Å². The summed E-state index contributed by atoms with van der Waals surface area (Å²) in [6.07, 6.45) is 3.73. The van der Waals surface area contributed by atoms with Crippen LogP contribution in [-0.4, -0.2) is 23.1 Å². The Morgan fingerprint density at radius 2 is 2.19 bits per heavy atom. The number of anilines is 1. The SMILES string of the molecule is CCc1ncc(NCCCN)c(C(C)C)n1. The van der Waals surface area contributed by atoms with Crippen molar-refractivity contribution in [2.75, 3.05) is 18.4 Å². The van der Waals surface area contributed by atoms with E-state index >= 15 is 0 Å². The lowest BCUT2D eigenvalue weighted by Gasteiger charge is -2.13. The summed E-state index contributed by atoms with van der Waals surface area (Å²) < 4.78 is 0. The van der Waals surface area contributed by atoms with Crippen LogP contribution in [0.1, 0.15) is 44.6 Å². The molecule has 0 aliphatic heterocycles. The number of hydrogen-bond acceptors (Lipinski definition) is 4. The number of nitrogens with two attached hydrogens (primary N) is 1. The molecule has 0 aliphatic carbocycles. The number of nitrogens with zero attached hydrogens (tertiary/aromatic N) is 2. The second kappa shape index (κ2) is 6.43. The molecule has 1 aromatic rings. The zero-order valence-electron chi connectivity index (χ0n) is 10.5. The van der Waals surface area contributed by atoms with Gasteiger partial charge in [0.05, 0.1) is 17.6 Å². The minimum absolute atomic E-state index is 0.411. The van der Waals surface area contributed by atoms with Crippen molar-refractivity contribution in [3.05, 3.63) is 17.7 Å². The number of aryl methyl sites for hydroxylation is 1. The van der Waals surface area contributed by atoms with E-state index in [9.17, 15) is 0 Å². The van der Waals surface area contributed by atoms with Crippen LogP contribution in [0.5, 0.6) is 0 Å². The van der Waals surface area contributed by atoms with E-state index < -0.39 is 0 Å². The van der Waals surface area contributed by atoms with Crippen LogP contribution >= 0.6 is 0 Å². The molecule has 4 heteroatoms. The first kappa shape index (κ1) is 12.9. The maximum absolute atomic E-state index is 5.46. The summed E-state index contributed by atoms with van der Waals surface area (Å²) >= 11 is 0. The fourth-order valence-corrected chi connectivity index (χ4v) is 1.51. The van der Waals surface area contributed by atoms with E-state index in [0.29, 0.717) is 12.5 Å². The van der Waals surface area contributed by atoms with Crippen LogP contribution < -0.4 is 11.1 Å². The third-order valence-electron chi connectivity index (χ3n) is 2.43. The van der Waals surface area contributed by atoms with E-state index in [-0.39, 0.29) is 0 Å². The highest BCUT2D eigenvalue weighted by molar-refractivity contribution is 5.47. The molecule has 0 saturated heterocycles. The maximum atomic E-state index is 5.46. The molecule has 0 amide bonds. The van der Waals surface area contributed by atoms with Gasteiger partial charge in [-0.1, -0.05) is 20.8 Å². The van der Waals surface area contributed by atoms with Gasteiger partial charge in [-0.2, -0.15) is 0 Å². The average molecular weight is 222 g/mol. The maximum Gasteiger partial charge on any atom is 0.128 e. The van der Waals surface area contributed by atoms with E-state index in [2.05, 4.69) is 36.1 Å². The molecule has 4 nitrogen and oxygen atoms in total. The first-order chi connectivity index (χ1) is 7.69. The van der Waals surface area contributed by atoms with Gasteiger partial charge in [0.1, 0.15) is 5.82 Å². The molecule has 0 saturated carbocycles. The first-order valence-corrected chi connectivity index (χ1v) is 5.98. The Hall–Kier alpha value is -1.16. The van der Waals surface area contributed by atoms with Gasteiger partial charge in [0, 0.05) is 13.0 Å². The molecule has 1 aromatic heterocycles. The molecular formula is C12H22N4. The minimum Gasteiger partial charge on any atom is -0.382 e. The number of hydrogen-bond donors (Lipinski definition) is 2. The van der Waals surface area contributed by atoms with Crippen molar-refractivity contribution in [3.8, 4) is 0 Å². The predicted octanol–water partition coefficient (Wildman–Crippen LogP) is 1.92. The highest BCUT2D eigenvalue weighted by atomic mass is 15.0. The fraction of sp³-hybridized carbons (Fsp3) is 0.667. The Balaban J connectivity index is 2.81. The van der Waals surface area contributed by atoms with Crippen LogP contribution in [0.3, 0.4) is 0 Å². The molecule has 3 N–H and O–H groups in total. The third-order valence-corrected chi connectivity index (χ3v) is 2.43. The fourth-order valence-electron chi connectivity index (χ4n) is 1.51. The average Bonchev–Trinajstić information content (AvgIpc) is 2.29. The zero-order valence-corrected chi connectivity index (χ0v) is 10.5. The van der Waals surface area contributed by atoms with Crippen LogP contribution in [0.25, 0.3) is 0 Å². The van der Waals surface area contributed by atoms with Crippen LogP contribution in [0.4, 0.5) is 5.69 Å². The van der Waals surface area contributed by atoms with Crippen molar-refractivity contribution in [3.63, 3.8) is 0 Å². The Kier molecular flexibility index (Phi) is 5.19. The van der Waals surface area contributed by atoms with Crippen LogP contribution in [-0.2, 0) is 6.42 Å². The molecule has 0 aromatic carbocycles. The quantitative estimate of drug-likeness (QED) is 0.722. The van der Waals surface area contributed by atoms with E-state index in [1.807, 2.05) is 6.20 Å². The summed E-state index contributed by atoms with van der Waals surface area (Å²) in [5.74, 6) is 1.32. The number of rotatable bonds is 6. The molecule has 0 bridgehead atoms. The van der Waals surface area contributed by atoms with Crippen molar-refractivity contribution in [1.29, 1.82) is 0 Å². The number of nitrogens with one attached hydrogen (secondary N) is 1. The third kappa shape index (κ3) is 3.45. The van der Waals surface area contributed by atoms with E-state index in [1.165, 1.54) is 0 Å². The molecule has 16 heavy (non-hydrogen) atoms.